The molecule has 0 unspecified atom stereocenters. The predicted octanol–water partition coefficient (Wildman–Crippen LogP) is 3.87. The summed E-state index contributed by atoms with van der Waals surface area (Å²) in [5.74, 6) is -0.0112. The third-order valence-corrected chi connectivity index (χ3v) is 3.31. The molecule has 0 aromatic heterocycles. The van der Waals surface area contributed by atoms with Crippen molar-refractivity contribution in [3.8, 4) is 0 Å². The number of anilines is 1. The highest BCUT2D eigenvalue weighted by Crippen LogP contribution is 2.30. The molecule has 0 saturated heterocycles. The number of hydrogen-bond donors (Lipinski definition) is 1. The van der Waals surface area contributed by atoms with Crippen LogP contribution in [0.5, 0.6) is 0 Å². The van der Waals surface area contributed by atoms with Gasteiger partial charge in [0, 0.05) is 30.9 Å². The predicted molar refractivity (Wildman–Crippen MR) is 86.8 cm³/mol. The van der Waals surface area contributed by atoms with Crippen LogP contribution in [0.2, 0.25) is 0 Å². The molecule has 0 saturated carbocycles. The zero-order valence-corrected chi connectivity index (χ0v) is 13.3. The maximum atomic E-state index is 12.0. The monoisotopic (exact) mass is 274 g/mol. The quantitative estimate of drug-likeness (QED) is 0.828. The lowest BCUT2D eigenvalue weighted by atomic mass is 9.92. The molecule has 0 radical (unpaired) electrons. The van der Waals surface area contributed by atoms with Gasteiger partial charge in [-0.05, 0) is 43.0 Å². The van der Waals surface area contributed by atoms with Crippen LogP contribution >= 0.6 is 0 Å². The van der Waals surface area contributed by atoms with Gasteiger partial charge in [0.1, 0.15) is 0 Å². The molecule has 0 heterocycles. The number of carbonyl (C=O) groups excluding carboxylic acids is 1. The van der Waals surface area contributed by atoms with Gasteiger partial charge in [-0.25, -0.2) is 0 Å². The van der Waals surface area contributed by atoms with Gasteiger partial charge in [-0.2, -0.15) is 0 Å². The van der Waals surface area contributed by atoms with Crippen molar-refractivity contribution in [3.63, 3.8) is 0 Å². The van der Waals surface area contributed by atoms with E-state index in [1.807, 2.05) is 13.0 Å². The molecular formula is C17H26N2O. The molecule has 3 heteroatoms. The van der Waals surface area contributed by atoms with E-state index in [2.05, 4.69) is 19.9 Å². The maximum Gasteiger partial charge on any atom is 0.253 e. The Kier molecular flexibility index (Phi) is 5.81. The smallest absolute Gasteiger partial charge is 0.253 e. The average molecular weight is 274 g/mol. The first kappa shape index (κ1) is 16.3. The number of nitrogens with two attached hydrogens (primary N) is 1. The van der Waals surface area contributed by atoms with E-state index >= 15 is 0 Å². The average Bonchev–Trinajstić information content (AvgIpc) is 2.37. The lowest BCUT2D eigenvalue weighted by molar-refractivity contribution is 0.0827. The zero-order chi connectivity index (χ0) is 15.3. The molecule has 3 nitrogen and oxygen atoms in total. The molecule has 0 aliphatic heterocycles. The molecule has 110 valence electrons. The van der Waals surface area contributed by atoms with E-state index in [-0.39, 0.29) is 5.91 Å². The Morgan fingerprint density at radius 2 is 1.95 bits per heavy atom. The van der Waals surface area contributed by atoms with Crippen molar-refractivity contribution in [1.82, 2.24) is 4.90 Å². The molecule has 0 aliphatic carbocycles. The molecule has 0 spiro atoms. The molecule has 1 aromatic carbocycles. The van der Waals surface area contributed by atoms with E-state index in [1.54, 1.807) is 25.1 Å². The van der Waals surface area contributed by atoms with Gasteiger partial charge >= 0.3 is 0 Å². The summed E-state index contributed by atoms with van der Waals surface area (Å²) < 4.78 is 0. The van der Waals surface area contributed by atoms with Crippen molar-refractivity contribution < 1.29 is 4.79 Å². The van der Waals surface area contributed by atoms with Crippen molar-refractivity contribution in [3.05, 3.63) is 34.9 Å². The molecule has 0 bridgehead atoms. The Labute approximate surface area is 122 Å². The van der Waals surface area contributed by atoms with E-state index in [9.17, 15) is 4.79 Å². The van der Waals surface area contributed by atoms with Crippen LogP contribution < -0.4 is 5.73 Å². The molecule has 1 amide bonds. The van der Waals surface area contributed by atoms with Crippen molar-refractivity contribution in [2.24, 2.45) is 0 Å². The fourth-order valence-corrected chi connectivity index (χ4v) is 2.48. The molecule has 0 aliphatic rings. The van der Waals surface area contributed by atoms with Gasteiger partial charge in [-0.15, -0.1) is 0 Å². The first-order valence-electron chi connectivity index (χ1n) is 7.23. The van der Waals surface area contributed by atoms with Gasteiger partial charge in [-0.3, -0.25) is 4.79 Å². The first-order valence-corrected chi connectivity index (χ1v) is 7.23. The SMILES string of the molecule is CC/C=C(\CCC)c1c(C)cc(C(=O)N(C)C)cc1N. The van der Waals surface area contributed by atoms with Crippen LogP contribution in [0, 0.1) is 6.92 Å². The van der Waals surface area contributed by atoms with Gasteiger partial charge in [0.2, 0.25) is 0 Å². The maximum absolute atomic E-state index is 12.0. The summed E-state index contributed by atoms with van der Waals surface area (Å²) in [6, 6.07) is 3.73. The highest BCUT2D eigenvalue weighted by Gasteiger charge is 2.14. The summed E-state index contributed by atoms with van der Waals surface area (Å²) in [5, 5.41) is 0. The normalized spacial score (nSPS) is 11.6. The Hall–Kier alpha value is -1.77. The fraction of sp³-hybridized carbons (Fsp3) is 0.471. The van der Waals surface area contributed by atoms with Crippen LogP contribution in [0.4, 0.5) is 5.69 Å². The Balaban J connectivity index is 3.30. The second-order valence-electron chi connectivity index (χ2n) is 5.34. The summed E-state index contributed by atoms with van der Waals surface area (Å²) in [6.45, 7) is 6.32. The summed E-state index contributed by atoms with van der Waals surface area (Å²) in [7, 11) is 3.50. The third-order valence-electron chi connectivity index (χ3n) is 3.31. The largest absolute Gasteiger partial charge is 0.398 e. The Bertz CT molecular complexity index is 493. The molecule has 0 atom stereocenters. The van der Waals surface area contributed by atoms with Gasteiger partial charge in [0.25, 0.3) is 5.91 Å². The van der Waals surface area contributed by atoms with Crippen LogP contribution in [0.3, 0.4) is 0 Å². The highest BCUT2D eigenvalue weighted by atomic mass is 16.2. The first-order chi connectivity index (χ1) is 9.42. The van der Waals surface area contributed by atoms with Gasteiger partial charge in [0.15, 0.2) is 0 Å². The summed E-state index contributed by atoms with van der Waals surface area (Å²) in [6.07, 6.45) is 5.32. The van der Waals surface area contributed by atoms with Crippen LogP contribution in [-0.2, 0) is 0 Å². The number of aryl methyl sites for hydroxylation is 1. The minimum atomic E-state index is -0.0112. The number of carbonyl (C=O) groups is 1. The summed E-state index contributed by atoms with van der Waals surface area (Å²) >= 11 is 0. The number of benzene rings is 1. The minimum absolute atomic E-state index is 0.0112. The number of allylic oxidation sites excluding steroid dienone is 2. The van der Waals surface area contributed by atoms with E-state index < -0.39 is 0 Å². The van der Waals surface area contributed by atoms with E-state index in [0.29, 0.717) is 11.3 Å². The second-order valence-corrected chi connectivity index (χ2v) is 5.34. The van der Waals surface area contributed by atoms with Crippen molar-refractivity contribution in [2.75, 3.05) is 19.8 Å². The van der Waals surface area contributed by atoms with E-state index in [1.165, 1.54) is 5.57 Å². The van der Waals surface area contributed by atoms with Gasteiger partial charge in [0.05, 0.1) is 0 Å². The van der Waals surface area contributed by atoms with Crippen LogP contribution in [0.15, 0.2) is 18.2 Å². The van der Waals surface area contributed by atoms with Crippen LogP contribution in [0.1, 0.15) is 54.6 Å². The molecular weight excluding hydrogens is 248 g/mol. The molecule has 0 fully saturated rings. The summed E-state index contributed by atoms with van der Waals surface area (Å²) in [4.78, 5) is 13.6. The van der Waals surface area contributed by atoms with Crippen molar-refractivity contribution in [2.45, 2.75) is 40.0 Å². The Morgan fingerprint density at radius 3 is 2.40 bits per heavy atom. The highest BCUT2D eigenvalue weighted by molar-refractivity contribution is 5.96. The number of amides is 1. The molecule has 20 heavy (non-hydrogen) atoms. The lowest BCUT2D eigenvalue weighted by Crippen LogP contribution is -2.22. The number of nitrogens with zero attached hydrogens (tertiary/aromatic N) is 1. The number of rotatable bonds is 5. The Morgan fingerprint density at radius 1 is 1.30 bits per heavy atom. The van der Waals surface area contributed by atoms with E-state index in [4.69, 9.17) is 5.73 Å². The van der Waals surface area contributed by atoms with Crippen molar-refractivity contribution in [1.29, 1.82) is 0 Å². The second kappa shape index (κ2) is 7.13. The summed E-state index contributed by atoms with van der Waals surface area (Å²) in [5.41, 5.74) is 11.0. The zero-order valence-electron chi connectivity index (χ0n) is 13.3. The molecule has 1 aromatic rings. The molecule has 1 rings (SSSR count). The molecule has 2 N–H and O–H groups in total. The van der Waals surface area contributed by atoms with Crippen LogP contribution in [-0.4, -0.2) is 24.9 Å². The topological polar surface area (TPSA) is 46.3 Å². The lowest BCUT2D eigenvalue weighted by Gasteiger charge is -2.17. The standard InChI is InChI=1S/C17H26N2O/c1-6-8-13(9-7-2)16-12(3)10-14(11-15(16)18)17(20)19(4)5/h8,10-11H,6-7,9,18H2,1-5H3/b13-8+. The fourth-order valence-electron chi connectivity index (χ4n) is 2.48. The van der Waals surface area contributed by atoms with E-state index in [0.717, 1.165) is 30.4 Å². The van der Waals surface area contributed by atoms with Gasteiger partial charge in [-0.1, -0.05) is 26.3 Å². The number of nitrogen functional groups attached to an aromatic ring is 1. The number of hydrogen-bond acceptors (Lipinski definition) is 2. The van der Waals surface area contributed by atoms with Gasteiger partial charge < -0.3 is 10.6 Å². The minimum Gasteiger partial charge on any atom is -0.398 e. The third kappa shape index (κ3) is 3.62. The van der Waals surface area contributed by atoms with Crippen LogP contribution in [0.25, 0.3) is 5.57 Å². The van der Waals surface area contributed by atoms with Crippen molar-refractivity contribution >= 4 is 17.2 Å².